The molecule has 8 heterocycles. The van der Waals surface area contributed by atoms with Gasteiger partial charge in [-0.15, -0.1) is 22.7 Å². The summed E-state index contributed by atoms with van der Waals surface area (Å²) < 4.78 is 22.5. The van der Waals surface area contributed by atoms with Crippen LogP contribution in [0.1, 0.15) is 0 Å². The number of thiophene rings is 2. The van der Waals surface area contributed by atoms with Crippen molar-refractivity contribution < 1.29 is 8.83 Å². The van der Waals surface area contributed by atoms with Crippen molar-refractivity contribution in [2.75, 3.05) is 0 Å². The monoisotopic (exact) mass is 1490 g/mol. The zero-order chi connectivity index (χ0) is 74.9. The Bertz CT molecular complexity index is 7980. The first-order valence-corrected chi connectivity index (χ1v) is 39.7. The molecule has 0 radical (unpaired) electrons. The molecule has 0 saturated carbocycles. The summed E-state index contributed by atoms with van der Waals surface area (Å²) in [6, 6.07) is 127. The van der Waals surface area contributed by atoms with E-state index < -0.39 is 0 Å². The second-order valence-electron chi connectivity index (χ2n) is 28.8. The van der Waals surface area contributed by atoms with Gasteiger partial charge in [0.1, 0.15) is 22.3 Å². The van der Waals surface area contributed by atoms with Crippen LogP contribution in [0.15, 0.2) is 373 Å². The predicted molar refractivity (Wildman–Crippen MR) is 472 cm³/mol. The summed E-state index contributed by atoms with van der Waals surface area (Å²) >= 11 is 3.67. The van der Waals surface area contributed by atoms with Gasteiger partial charge in [-0.3, -0.25) is 9.13 Å². The van der Waals surface area contributed by atoms with Crippen molar-refractivity contribution in [2.24, 2.45) is 0 Å². The molecule has 12 heteroatoms. The smallest absolute Gasteiger partial charge is 0.238 e. The van der Waals surface area contributed by atoms with Crippen LogP contribution < -0.4 is 0 Å². The summed E-state index contributed by atoms with van der Waals surface area (Å²) in [5.74, 6) is 3.54. The van der Waals surface area contributed by atoms with Crippen molar-refractivity contribution in [2.45, 2.75) is 0 Å². The quantitative estimate of drug-likeness (QED) is 0.133. The Morgan fingerprint density at radius 3 is 1.27 bits per heavy atom. The highest BCUT2D eigenvalue weighted by atomic mass is 32.1. The summed E-state index contributed by atoms with van der Waals surface area (Å²) in [7, 11) is 0. The Hall–Kier alpha value is -14.8. The van der Waals surface area contributed by atoms with Crippen LogP contribution in [0, 0.1) is 0 Å². The Balaban J connectivity index is 0.000000135. The van der Waals surface area contributed by atoms with E-state index in [2.05, 4.69) is 288 Å². The number of para-hydroxylation sites is 4. The van der Waals surface area contributed by atoms with Crippen molar-refractivity contribution in [1.29, 1.82) is 0 Å². The average molecular weight is 1490 g/mol. The van der Waals surface area contributed by atoms with Crippen molar-refractivity contribution in [1.82, 2.24) is 39.0 Å². The highest BCUT2D eigenvalue weighted by molar-refractivity contribution is 7.27. The maximum Gasteiger partial charge on any atom is 0.238 e. The Labute approximate surface area is 659 Å². The van der Waals surface area contributed by atoms with Gasteiger partial charge < -0.3 is 8.83 Å². The van der Waals surface area contributed by atoms with Gasteiger partial charge in [-0.1, -0.05) is 291 Å². The second kappa shape index (κ2) is 26.5. The summed E-state index contributed by atoms with van der Waals surface area (Å²) in [5, 5.41) is 14.0. The number of hydrogen-bond acceptors (Lipinski definition) is 10. The second-order valence-corrected chi connectivity index (χ2v) is 30.9. The fourth-order valence-electron chi connectivity index (χ4n) is 16.9. The number of hydrogen-bond donors (Lipinski definition) is 0. The largest absolute Gasteiger partial charge is 0.456 e. The number of nitrogens with zero attached hydrogens (tertiary/aromatic N) is 8. The van der Waals surface area contributed by atoms with Crippen LogP contribution in [-0.4, -0.2) is 39.0 Å². The third-order valence-corrected chi connectivity index (χ3v) is 24.4. The third kappa shape index (κ3) is 10.8. The van der Waals surface area contributed by atoms with E-state index in [0.717, 1.165) is 132 Å². The van der Waals surface area contributed by atoms with E-state index in [1.165, 1.54) is 62.2 Å². The molecule has 24 aromatic rings. The van der Waals surface area contributed by atoms with Crippen LogP contribution in [0.4, 0.5) is 0 Å². The van der Waals surface area contributed by atoms with E-state index >= 15 is 0 Å². The lowest BCUT2D eigenvalue weighted by molar-refractivity contribution is 0.669. The molecule has 16 aromatic carbocycles. The number of benzene rings is 16. The average Bonchev–Trinajstić information content (AvgIpc) is 1.56. The first-order valence-electron chi connectivity index (χ1n) is 38.0. The molecule has 0 aliphatic rings. The molecule has 0 aliphatic heterocycles. The molecule has 10 nitrogen and oxygen atoms in total. The van der Waals surface area contributed by atoms with E-state index in [0.29, 0.717) is 35.2 Å². The third-order valence-electron chi connectivity index (χ3n) is 22.1. The van der Waals surface area contributed by atoms with Gasteiger partial charge in [-0.25, -0.2) is 9.97 Å². The molecule has 8 aromatic heterocycles. The van der Waals surface area contributed by atoms with Crippen LogP contribution in [-0.2, 0) is 0 Å². The van der Waals surface area contributed by atoms with Crippen molar-refractivity contribution in [3.05, 3.63) is 364 Å². The standard InChI is InChI=1S/C51H30N4O2.C51H30N4S2/c1-3-13-32(14-4-1)41-29-35(30-45-46(41)40-19-9-12-22-44(40)56-45)31-23-25-34(26-24-31)50-52-49(33-15-5-2-6-16-33)53-51(54-50)55-42-20-10-7-17-36(42)38-27-28-39-37-18-8-11-21-43(37)57-48(39)47(38)55;1-3-14-31(15-4-1)41-29-35(30-45-46(41)40-22-9-12-25-44(40)56-45)33-18-13-19-34(28-33)50-52-49(32-16-5-2-6-17-32)53-51(54-50)55-42-23-10-7-20-36(42)38-26-27-39-37-21-8-11-24-43(37)57-48(39)47(38)55/h2*1-30H. The highest BCUT2D eigenvalue weighted by Gasteiger charge is 2.26. The van der Waals surface area contributed by atoms with Crippen molar-refractivity contribution >= 4 is 151 Å². The van der Waals surface area contributed by atoms with Gasteiger partial charge in [0.05, 0.1) is 21.3 Å². The highest BCUT2D eigenvalue weighted by Crippen LogP contribution is 2.48. The van der Waals surface area contributed by atoms with E-state index in [1.807, 2.05) is 108 Å². The van der Waals surface area contributed by atoms with Gasteiger partial charge in [0, 0.05) is 101 Å². The first kappa shape index (κ1) is 65.1. The summed E-state index contributed by atoms with van der Waals surface area (Å²) in [6.45, 7) is 0. The van der Waals surface area contributed by atoms with Crippen molar-refractivity contribution in [3.63, 3.8) is 0 Å². The van der Waals surface area contributed by atoms with Gasteiger partial charge >= 0.3 is 0 Å². The molecule has 0 spiro atoms. The number of fused-ring (bicyclic) bond motifs is 20. The zero-order valence-electron chi connectivity index (χ0n) is 60.9. The van der Waals surface area contributed by atoms with Gasteiger partial charge in [0.15, 0.2) is 28.9 Å². The van der Waals surface area contributed by atoms with Crippen LogP contribution >= 0.6 is 22.7 Å². The molecule has 0 N–H and O–H groups in total. The van der Waals surface area contributed by atoms with Gasteiger partial charge in [0.2, 0.25) is 11.9 Å². The molecule has 532 valence electrons. The maximum atomic E-state index is 6.62. The SMILES string of the molecule is c1ccc(-c2nc(-c3ccc(-c4cc(-c5ccccc5)c5c(c4)oc4ccccc45)cc3)nc(-n3c4ccccc4c4ccc5c6ccccc6oc5c43)n2)cc1.c1ccc(-c2nc(-c3cccc(-c4cc(-c5ccccc5)c5c(c4)sc4ccccc45)c3)nc(-n3c4ccccc4c4ccc5c6ccccc6sc5c43)n2)cc1. The number of rotatable bonds is 10. The molecule has 0 bridgehead atoms. The molecule has 114 heavy (non-hydrogen) atoms. The zero-order valence-corrected chi connectivity index (χ0v) is 62.5. The normalized spacial score (nSPS) is 11.9. The van der Waals surface area contributed by atoms with Gasteiger partial charge in [-0.05, 0) is 117 Å². The molecular weight excluding hydrogens is 1430 g/mol. The molecule has 0 fully saturated rings. The summed E-state index contributed by atoms with van der Waals surface area (Å²) in [5.41, 5.74) is 20.2. The maximum absolute atomic E-state index is 6.62. The fraction of sp³-hybridized carbons (Fsp3) is 0. The minimum absolute atomic E-state index is 0.518. The fourth-order valence-corrected chi connectivity index (χ4v) is 19.3. The van der Waals surface area contributed by atoms with Crippen molar-refractivity contribution in [3.8, 4) is 102 Å². The van der Waals surface area contributed by atoms with E-state index in [4.69, 9.17) is 38.7 Å². The lowest BCUT2D eigenvalue weighted by Gasteiger charge is -2.13. The minimum atomic E-state index is 0.518. The lowest BCUT2D eigenvalue weighted by Crippen LogP contribution is -2.06. The van der Waals surface area contributed by atoms with E-state index in [1.54, 1.807) is 0 Å². The number of aromatic nitrogens is 8. The van der Waals surface area contributed by atoms with E-state index in [9.17, 15) is 0 Å². The van der Waals surface area contributed by atoms with Gasteiger partial charge in [0.25, 0.3) is 0 Å². The molecule has 0 amide bonds. The topological polar surface area (TPSA) is 113 Å². The first-order chi connectivity index (χ1) is 56.5. The van der Waals surface area contributed by atoms with Gasteiger partial charge in [-0.2, -0.15) is 19.9 Å². The predicted octanol–water partition coefficient (Wildman–Crippen LogP) is 27.8. The molecule has 0 saturated heterocycles. The van der Waals surface area contributed by atoms with Crippen LogP contribution in [0.25, 0.3) is 230 Å². The van der Waals surface area contributed by atoms with Crippen LogP contribution in [0.5, 0.6) is 0 Å². The molecule has 24 rings (SSSR count). The summed E-state index contributed by atoms with van der Waals surface area (Å²) in [4.78, 5) is 31.3. The molecule has 0 atom stereocenters. The Morgan fingerprint density at radius 2 is 0.649 bits per heavy atom. The Morgan fingerprint density at radius 1 is 0.219 bits per heavy atom. The minimum Gasteiger partial charge on any atom is -0.456 e. The molecule has 0 aliphatic carbocycles. The van der Waals surface area contributed by atoms with Crippen LogP contribution in [0.2, 0.25) is 0 Å². The Kier molecular flexibility index (Phi) is 15.1. The molecule has 0 unspecified atom stereocenters. The van der Waals surface area contributed by atoms with Crippen LogP contribution in [0.3, 0.4) is 0 Å². The lowest BCUT2D eigenvalue weighted by atomic mass is 9.94. The summed E-state index contributed by atoms with van der Waals surface area (Å²) in [6.07, 6.45) is 0. The molecular formula is C102H60N8O2S2. The number of furan rings is 2. The van der Waals surface area contributed by atoms with E-state index in [-0.39, 0.29) is 0 Å².